The molecule has 0 N–H and O–H groups in total. The van der Waals surface area contributed by atoms with E-state index in [2.05, 4.69) is 179 Å². The number of rotatable bonds is 47. The third-order valence-electron chi connectivity index (χ3n) is 10.7. The summed E-state index contributed by atoms with van der Waals surface area (Å²) in [7, 11) is 0. The highest BCUT2D eigenvalue weighted by molar-refractivity contribution is 5.71. The minimum absolute atomic E-state index is 0.125. The Balaban J connectivity index is 4.31. The minimum atomic E-state index is -0.834. The van der Waals surface area contributed by atoms with Crippen molar-refractivity contribution in [3.05, 3.63) is 170 Å². The average molecular weight is 975 g/mol. The molecule has 6 heteroatoms. The number of ether oxygens (including phenoxy) is 3. The molecule has 1 unspecified atom stereocenters. The van der Waals surface area contributed by atoms with Crippen LogP contribution in [0.4, 0.5) is 0 Å². The maximum Gasteiger partial charge on any atom is 0.306 e. The lowest BCUT2D eigenvalue weighted by molar-refractivity contribution is -0.166. The van der Waals surface area contributed by atoms with E-state index in [9.17, 15) is 14.4 Å². The van der Waals surface area contributed by atoms with E-state index in [4.69, 9.17) is 14.2 Å². The van der Waals surface area contributed by atoms with Gasteiger partial charge in [-0.05, 0) is 122 Å². The highest BCUT2D eigenvalue weighted by Gasteiger charge is 2.19. The van der Waals surface area contributed by atoms with E-state index in [0.717, 1.165) is 154 Å². The third-order valence-corrected chi connectivity index (χ3v) is 10.7. The molecule has 394 valence electrons. The number of unbranched alkanes of at least 4 members (excludes halogenated alkanes) is 8. The van der Waals surface area contributed by atoms with Gasteiger partial charge in [0, 0.05) is 19.3 Å². The second-order valence-corrected chi connectivity index (χ2v) is 17.4. The van der Waals surface area contributed by atoms with Gasteiger partial charge in [-0.2, -0.15) is 0 Å². The van der Waals surface area contributed by atoms with E-state index in [1.54, 1.807) is 0 Å². The Kier molecular flexibility index (Phi) is 53.1. The van der Waals surface area contributed by atoms with E-state index in [1.165, 1.54) is 0 Å². The average Bonchev–Trinajstić information content (AvgIpc) is 3.37. The first-order valence-electron chi connectivity index (χ1n) is 27.6. The van der Waals surface area contributed by atoms with Gasteiger partial charge in [-0.1, -0.05) is 229 Å². The van der Waals surface area contributed by atoms with Crippen molar-refractivity contribution in [2.24, 2.45) is 0 Å². The Morgan fingerprint density at radius 3 is 0.901 bits per heavy atom. The first kappa shape index (κ1) is 65.8. The molecule has 0 rings (SSSR count). The SMILES string of the molecule is CC/C=C\C/C=C\C/C=C\C/C=C\C/C=C\C/C=C\C/C=C\C/C=C\CCCCCCC(=O)OCC(COC(=O)CCCCCCC)OC(=O)CC/C=C\C/C=C\C/C=C\C/C=C\C/C=C\C/C=C\CC. The molecule has 0 aliphatic heterocycles. The van der Waals surface area contributed by atoms with Gasteiger partial charge in [-0.15, -0.1) is 0 Å². The summed E-state index contributed by atoms with van der Waals surface area (Å²) in [6.07, 6.45) is 85.4. The van der Waals surface area contributed by atoms with Crippen LogP contribution in [-0.4, -0.2) is 37.2 Å². The molecule has 6 nitrogen and oxygen atoms in total. The Morgan fingerprint density at radius 1 is 0.296 bits per heavy atom. The van der Waals surface area contributed by atoms with Gasteiger partial charge >= 0.3 is 17.9 Å². The number of carbonyl (C=O) groups is 3. The van der Waals surface area contributed by atoms with Gasteiger partial charge in [0.2, 0.25) is 0 Å². The lowest BCUT2D eigenvalue weighted by Gasteiger charge is -2.18. The summed E-state index contributed by atoms with van der Waals surface area (Å²) in [5.41, 5.74) is 0. The molecule has 0 saturated heterocycles. The quantitative estimate of drug-likeness (QED) is 0.0262. The summed E-state index contributed by atoms with van der Waals surface area (Å²) in [4.78, 5) is 37.7. The van der Waals surface area contributed by atoms with Crippen LogP contribution in [0.25, 0.3) is 0 Å². The van der Waals surface area contributed by atoms with Crippen molar-refractivity contribution in [1.29, 1.82) is 0 Å². The van der Waals surface area contributed by atoms with E-state index >= 15 is 0 Å². The van der Waals surface area contributed by atoms with Crippen LogP contribution < -0.4 is 0 Å². The molecular weight excluding hydrogens is 877 g/mol. The Bertz CT molecular complexity index is 1690. The Hall–Kier alpha value is -5.23. The van der Waals surface area contributed by atoms with E-state index in [-0.39, 0.29) is 31.6 Å². The van der Waals surface area contributed by atoms with Crippen molar-refractivity contribution in [2.45, 2.75) is 207 Å². The van der Waals surface area contributed by atoms with Crippen LogP contribution in [0.2, 0.25) is 0 Å². The van der Waals surface area contributed by atoms with Crippen molar-refractivity contribution >= 4 is 17.9 Å². The van der Waals surface area contributed by atoms with Crippen molar-refractivity contribution < 1.29 is 28.6 Å². The van der Waals surface area contributed by atoms with Gasteiger partial charge in [0.05, 0.1) is 0 Å². The van der Waals surface area contributed by atoms with Crippen LogP contribution in [-0.2, 0) is 28.6 Å². The van der Waals surface area contributed by atoms with Gasteiger partial charge in [0.1, 0.15) is 13.2 Å². The second-order valence-electron chi connectivity index (χ2n) is 17.4. The summed E-state index contributed by atoms with van der Waals surface area (Å²) >= 11 is 0. The molecule has 0 bridgehead atoms. The Morgan fingerprint density at radius 2 is 0.577 bits per heavy atom. The van der Waals surface area contributed by atoms with Gasteiger partial charge in [-0.25, -0.2) is 0 Å². The molecule has 0 spiro atoms. The molecule has 0 aromatic carbocycles. The summed E-state index contributed by atoms with van der Waals surface area (Å²) < 4.78 is 16.6. The lowest BCUT2D eigenvalue weighted by Crippen LogP contribution is -2.30. The molecule has 1 atom stereocenters. The molecule has 0 fully saturated rings. The van der Waals surface area contributed by atoms with Crippen molar-refractivity contribution in [1.82, 2.24) is 0 Å². The van der Waals surface area contributed by atoms with E-state index in [1.807, 2.05) is 12.2 Å². The lowest BCUT2D eigenvalue weighted by atomic mass is 10.1. The zero-order valence-corrected chi connectivity index (χ0v) is 44.9. The third kappa shape index (κ3) is 55.6. The summed E-state index contributed by atoms with van der Waals surface area (Å²) in [6.45, 7) is 6.21. The molecule has 0 heterocycles. The first-order valence-corrected chi connectivity index (χ1v) is 27.6. The highest BCUT2D eigenvalue weighted by Crippen LogP contribution is 2.11. The first-order chi connectivity index (χ1) is 35.0. The molecule has 0 radical (unpaired) electrons. The predicted octanol–water partition coefficient (Wildman–Crippen LogP) is 18.8. The molecule has 0 saturated carbocycles. The van der Waals surface area contributed by atoms with Crippen molar-refractivity contribution in [3.63, 3.8) is 0 Å². The zero-order chi connectivity index (χ0) is 51.4. The number of hydrogen-bond acceptors (Lipinski definition) is 6. The van der Waals surface area contributed by atoms with Crippen LogP contribution in [0.5, 0.6) is 0 Å². The smallest absolute Gasteiger partial charge is 0.306 e. The second kappa shape index (κ2) is 57.3. The Labute approximate surface area is 434 Å². The maximum absolute atomic E-state index is 12.7. The largest absolute Gasteiger partial charge is 0.462 e. The van der Waals surface area contributed by atoms with Gasteiger partial charge in [-0.3, -0.25) is 14.4 Å². The fourth-order valence-corrected chi connectivity index (χ4v) is 6.66. The number of carbonyl (C=O) groups excluding carboxylic acids is 3. The predicted molar refractivity (Wildman–Crippen MR) is 306 cm³/mol. The molecule has 0 aliphatic rings. The van der Waals surface area contributed by atoms with Gasteiger partial charge in [0.15, 0.2) is 6.10 Å². The monoisotopic (exact) mass is 975 g/mol. The summed E-state index contributed by atoms with van der Waals surface area (Å²) in [5, 5.41) is 0. The topological polar surface area (TPSA) is 78.9 Å². The molecule has 0 aliphatic carbocycles. The van der Waals surface area contributed by atoms with Gasteiger partial charge in [0.25, 0.3) is 0 Å². The van der Waals surface area contributed by atoms with Crippen molar-refractivity contribution in [2.75, 3.05) is 13.2 Å². The van der Waals surface area contributed by atoms with Crippen molar-refractivity contribution in [3.8, 4) is 0 Å². The molecule has 0 aromatic rings. The molecule has 0 aromatic heterocycles. The molecule has 71 heavy (non-hydrogen) atoms. The van der Waals surface area contributed by atoms with Gasteiger partial charge < -0.3 is 14.2 Å². The fourth-order valence-electron chi connectivity index (χ4n) is 6.66. The summed E-state index contributed by atoms with van der Waals surface area (Å²) in [5.74, 6) is -1.07. The van der Waals surface area contributed by atoms with Crippen LogP contribution in [0.1, 0.15) is 201 Å². The standard InChI is InChI=1S/C65H98O6/c1-4-7-10-13-15-17-19-21-23-25-27-28-29-30-31-32-33-34-35-36-38-39-41-43-45-47-49-52-55-58-64(67)70-61-62(60-69-63(66)57-54-51-12-9-6-3)71-65(68)59-56-53-50-48-46-44-42-40-37-26-24-22-20-18-16-14-11-8-5-2/h7-8,10-11,15-18,21-24,27-28,30-31,33-34,36-38,40-41,43-44,46,50,53,62H,4-6,9,12-14,19-20,25-26,29,32,35,39,42,45,47-49,51-52,54-61H2,1-3H3/b10-7-,11-8-,17-15-,18-16-,23-21-,24-22-,28-27-,31-30-,34-33-,38-36-,40-37-,43-41-,46-44-,53-50-. The highest BCUT2D eigenvalue weighted by atomic mass is 16.6. The van der Waals surface area contributed by atoms with E-state index in [0.29, 0.717) is 19.3 Å². The maximum atomic E-state index is 12.7. The van der Waals surface area contributed by atoms with Crippen LogP contribution >= 0.6 is 0 Å². The number of hydrogen-bond donors (Lipinski definition) is 0. The summed E-state index contributed by atoms with van der Waals surface area (Å²) in [6, 6.07) is 0. The number of allylic oxidation sites excluding steroid dienone is 28. The van der Waals surface area contributed by atoms with E-state index < -0.39 is 12.1 Å². The van der Waals surface area contributed by atoms with Crippen LogP contribution in [0, 0.1) is 0 Å². The molecular formula is C65H98O6. The van der Waals surface area contributed by atoms with Crippen LogP contribution in [0.15, 0.2) is 170 Å². The number of esters is 3. The zero-order valence-electron chi connectivity index (χ0n) is 44.9. The van der Waals surface area contributed by atoms with Crippen LogP contribution in [0.3, 0.4) is 0 Å². The molecule has 0 amide bonds. The fraction of sp³-hybridized carbons (Fsp3) is 0.523. The minimum Gasteiger partial charge on any atom is -0.462 e. The normalized spacial score (nSPS) is 13.5.